The van der Waals surface area contributed by atoms with Gasteiger partial charge in [0, 0.05) is 11.1 Å². The molecule has 0 atom stereocenters. The predicted molar refractivity (Wildman–Crippen MR) is 125 cm³/mol. The number of quaternary nitrogens is 1. The van der Waals surface area contributed by atoms with Crippen molar-refractivity contribution in [2.45, 2.75) is 37.3 Å². The van der Waals surface area contributed by atoms with Gasteiger partial charge in [0.05, 0.1) is 40.3 Å². The molecule has 1 amide bonds. The first-order chi connectivity index (χ1) is 17.6. The van der Waals surface area contributed by atoms with Gasteiger partial charge in [-0.15, -0.1) is 0 Å². The lowest BCUT2D eigenvalue weighted by atomic mass is 10.1. The van der Waals surface area contributed by atoms with Crippen LogP contribution < -0.4 is 10.1 Å². The number of nitrogens with one attached hydrogen (secondary N) is 1. The molecule has 0 aromatic heterocycles. The molecule has 0 saturated heterocycles. The van der Waals surface area contributed by atoms with E-state index in [0.29, 0.717) is 42.9 Å². The number of hydrogen-bond donors (Lipinski definition) is 1. The maximum absolute atomic E-state index is 13.4. The Hall–Kier alpha value is -3.15. The molecule has 0 fully saturated rings. The molecule has 0 spiro atoms. The molecular formula is C26H28F7N2O3+. The number of hydrogen-bond acceptors (Lipinski definition) is 3. The fourth-order valence-electron chi connectivity index (χ4n) is 4.12. The number of benzene rings is 2. The summed E-state index contributed by atoms with van der Waals surface area (Å²) in [6.45, 7) is 0.476. The topological polar surface area (TPSA) is 55.4 Å². The van der Waals surface area contributed by atoms with E-state index in [1.807, 2.05) is 24.3 Å². The Kier molecular flexibility index (Phi) is 8.45. The lowest BCUT2D eigenvalue weighted by Crippen LogP contribution is -2.60. The van der Waals surface area contributed by atoms with Crippen LogP contribution in [0.15, 0.2) is 42.5 Å². The normalized spacial score (nSPS) is 13.8. The van der Waals surface area contributed by atoms with Crippen molar-refractivity contribution < 1.29 is 49.5 Å². The SMILES string of the molecule is C[N+](C)(CCCCCOc1ccc2c(c1)C(=O)c1ccccc1-2)CCNC(=O)C(F)(F)C(F)(F)C(F)(F)F. The molecule has 0 saturated carbocycles. The number of ether oxygens (including phenoxy) is 1. The molecule has 2 aromatic rings. The maximum atomic E-state index is 13.4. The van der Waals surface area contributed by atoms with Gasteiger partial charge in [0.25, 0.3) is 5.91 Å². The number of alkyl halides is 7. The van der Waals surface area contributed by atoms with Crippen LogP contribution >= 0.6 is 0 Å². The van der Waals surface area contributed by atoms with Crippen LogP contribution in [0.4, 0.5) is 30.7 Å². The van der Waals surface area contributed by atoms with Crippen molar-refractivity contribution >= 4 is 11.7 Å². The van der Waals surface area contributed by atoms with Gasteiger partial charge in [0.15, 0.2) is 5.78 Å². The number of likely N-dealkylation sites (N-methyl/N-ethyl adjacent to an activating group) is 1. The molecule has 0 radical (unpaired) electrons. The van der Waals surface area contributed by atoms with Gasteiger partial charge < -0.3 is 14.5 Å². The molecule has 1 N–H and O–H groups in total. The van der Waals surface area contributed by atoms with Crippen molar-refractivity contribution in [3.05, 3.63) is 53.6 Å². The van der Waals surface area contributed by atoms with Crippen LogP contribution in [0.3, 0.4) is 0 Å². The number of amides is 1. The minimum absolute atomic E-state index is 0.0431. The Morgan fingerprint density at radius 3 is 2.13 bits per heavy atom. The monoisotopic (exact) mass is 549 g/mol. The number of carbonyl (C=O) groups excluding carboxylic acids is 2. The summed E-state index contributed by atoms with van der Waals surface area (Å²) in [6.07, 6.45) is -4.46. The molecule has 38 heavy (non-hydrogen) atoms. The average Bonchev–Trinajstić information content (AvgIpc) is 3.12. The second kappa shape index (κ2) is 10.9. The van der Waals surface area contributed by atoms with E-state index in [0.717, 1.165) is 17.5 Å². The van der Waals surface area contributed by atoms with E-state index < -0.39 is 30.5 Å². The minimum Gasteiger partial charge on any atom is -0.494 e. The quantitative estimate of drug-likeness (QED) is 0.185. The average molecular weight is 550 g/mol. The molecule has 1 aliphatic rings. The Morgan fingerprint density at radius 1 is 0.842 bits per heavy atom. The van der Waals surface area contributed by atoms with Crippen LogP contribution in [0.5, 0.6) is 5.75 Å². The lowest BCUT2D eigenvalue weighted by Gasteiger charge is -2.31. The van der Waals surface area contributed by atoms with Crippen LogP contribution in [0, 0.1) is 0 Å². The summed E-state index contributed by atoms with van der Waals surface area (Å²) in [5, 5.41) is 1.48. The highest BCUT2D eigenvalue weighted by Gasteiger charge is 2.76. The Labute approximate surface area is 215 Å². The van der Waals surface area contributed by atoms with Crippen molar-refractivity contribution in [1.82, 2.24) is 5.32 Å². The van der Waals surface area contributed by atoms with Crippen molar-refractivity contribution in [2.75, 3.05) is 40.3 Å². The van der Waals surface area contributed by atoms with Gasteiger partial charge in [-0.2, -0.15) is 30.7 Å². The number of ketones is 1. The zero-order valence-corrected chi connectivity index (χ0v) is 20.8. The third-order valence-electron chi connectivity index (χ3n) is 6.41. The highest BCUT2D eigenvalue weighted by atomic mass is 19.4. The number of fused-ring (bicyclic) bond motifs is 3. The summed E-state index contributed by atoms with van der Waals surface area (Å²) < 4.78 is 95.3. The number of rotatable bonds is 12. The molecule has 0 heterocycles. The summed E-state index contributed by atoms with van der Waals surface area (Å²) in [6, 6.07) is 12.8. The second-order valence-corrected chi connectivity index (χ2v) is 9.78. The zero-order valence-electron chi connectivity index (χ0n) is 20.8. The van der Waals surface area contributed by atoms with E-state index in [1.54, 1.807) is 32.3 Å². The van der Waals surface area contributed by atoms with E-state index in [4.69, 9.17) is 4.74 Å². The largest absolute Gasteiger partial charge is 0.494 e. The summed E-state index contributed by atoms with van der Waals surface area (Å²) >= 11 is 0. The van der Waals surface area contributed by atoms with Gasteiger partial charge in [0.2, 0.25) is 0 Å². The first kappa shape index (κ1) is 29.4. The Bertz CT molecular complexity index is 1180. The van der Waals surface area contributed by atoms with Crippen LogP contribution in [0.1, 0.15) is 35.2 Å². The fraction of sp³-hybridized carbons (Fsp3) is 0.462. The van der Waals surface area contributed by atoms with Crippen molar-refractivity contribution in [1.29, 1.82) is 0 Å². The fourth-order valence-corrected chi connectivity index (χ4v) is 4.12. The van der Waals surface area contributed by atoms with E-state index in [-0.39, 0.29) is 16.8 Å². The molecule has 0 unspecified atom stereocenters. The van der Waals surface area contributed by atoms with E-state index in [9.17, 15) is 40.3 Å². The number of unbranched alkanes of at least 4 members (excludes halogenated alkanes) is 2. The minimum atomic E-state index is -6.56. The van der Waals surface area contributed by atoms with E-state index in [2.05, 4.69) is 0 Å². The van der Waals surface area contributed by atoms with Crippen LogP contribution in [-0.4, -0.2) is 74.5 Å². The van der Waals surface area contributed by atoms with Gasteiger partial charge in [-0.05, 0) is 48.6 Å². The van der Waals surface area contributed by atoms with Crippen LogP contribution in [-0.2, 0) is 4.79 Å². The highest BCUT2D eigenvalue weighted by Crippen LogP contribution is 2.46. The molecule has 12 heteroatoms. The zero-order chi connectivity index (χ0) is 28.4. The Balaban J connectivity index is 1.37. The molecule has 2 aromatic carbocycles. The molecular weight excluding hydrogens is 521 g/mol. The third kappa shape index (κ3) is 6.11. The molecule has 0 bridgehead atoms. The standard InChI is InChI=1S/C26H27F7N2O3/c1-35(2,14-12-34-23(37)24(27,28)25(29,30)26(31,32)33)13-6-3-7-15-38-17-10-11-19-18-8-4-5-9-20(18)22(36)21(19)16-17/h4-5,8-11,16H,3,6-7,12-15H2,1-2H3/p+1. The summed E-state index contributed by atoms with van der Waals surface area (Å²) in [4.78, 5) is 23.9. The second-order valence-electron chi connectivity index (χ2n) is 9.78. The van der Waals surface area contributed by atoms with Gasteiger partial charge in [-0.1, -0.05) is 24.3 Å². The first-order valence-corrected chi connectivity index (χ1v) is 11.9. The van der Waals surface area contributed by atoms with E-state index >= 15 is 0 Å². The summed E-state index contributed by atoms with van der Waals surface area (Å²) in [5.41, 5.74) is 3.02. The van der Waals surface area contributed by atoms with Crippen molar-refractivity contribution in [3.63, 3.8) is 0 Å². The van der Waals surface area contributed by atoms with Gasteiger partial charge in [-0.3, -0.25) is 9.59 Å². The maximum Gasteiger partial charge on any atom is 0.460 e. The highest BCUT2D eigenvalue weighted by molar-refractivity contribution is 6.21. The molecule has 3 rings (SSSR count). The molecule has 1 aliphatic carbocycles. The molecule has 208 valence electrons. The number of nitrogens with zero attached hydrogens (tertiary/aromatic N) is 1. The van der Waals surface area contributed by atoms with Crippen molar-refractivity contribution in [3.8, 4) is 16.9 Å². The summed E-state index contributed by atoms with van der Waals surface area (Å²) in [5.74, 6) is -14.5. The third-order valence-corrected chi connectivity index (χ3v) is 6.41. The number of carbonyl (C=O) groups is 2. The lowest BCUT2D eigenvalue weighted by molar-refractivity contribution is -0.889. The predicted octanol–water partition coefficient (Wildman–Crippen LogP) is 5.47. The Morgan fingerprint density at radius 2 is 1.47 bits per heavy atom. The first-order valence-electron chi connectivity index (χ1n) is 11.9. The van der Waals surface area contributed by atoms with Gasteiger partial charge in [0.1, 0.15) is 5.75 Å². The molecule has 0 aliphatic heterocycles. The van der Waals surface area contributed by atoms with E-state index in [1.165, 1.54) is 5.32 Å². The smallest absolute Gasteiger partial charge is 0.460 e. The summed E-state index contributed by atoms with van der Waals surface area (Å²) in [7, 11) is 3.43. The van der Waals surface area contributed by atoms with Crippen molar-refractivity contribution in [2.24, 2.45) is 0 Å². The number of halogens is 7. The molecule has 5 nitrogen and oxygen atoms in total. The van der Waals surface area contributed by atoms with Crippen LogP contribution in [0.2, 0.25) is 0 Å². The van der Waals surface area contributed by atoms with Crippen LogP contribution in [0.25, 0.3) is 11.1 Å². The van der Waals surface area contributed by atoms with Gasteiger partial charge in [-0.25, -0.2) is 0 Å². The van der Waals surface area contributed by atoms with Gasteiger partial charge >= 0.3 is 18.0 Å².